The molecule has 0 fully saturated rings. The first-order chi connectivity index (χ1) is 13.8. The minimum Gasteiger partial charge on any atom is -0.478 e. The molecule has 1 aliphatic heterocycles. The minimum absolute atomic E-state index is 0.230. The van der Waals surface area contributed by atoms with E-state index < -0.39 is 0 Å². The molecule has 0 atom stereocenters. The maximum Gasteiger partial charge on any atom is 0.231 e. The van der Waals surface area contributed by atoms with Crippen molar-refractivity contribution in [1.29, 1.82) is 5.26 Å². The molecule has 0 saturated heterocycles. The third-order valence-corrected chi connectivity index (χ3v) is 5.63. The van der Waals surface area contributed by atoms with Crippen molar-refractivity contribution in [3.8, 4) is 33.8 Å². The van der Waals surface area contributed by atoms with Crippen LogP contribution in [0.2, 0.25) is 0 Å². The van der Waals surface area contributed by atoms with E-state index >= 15 is 0 Å². The summed E-state index contributed by atoms with van der Waals surface area (Å²) in [4.78, 5) is 0. The molecule has 2 heterocycles. The van der Waals surface area contributed by atoms with Crippen LogP contribution < -0.4 is 14.2 Å². The summed E-state index contributed by atoms with van der Waals surface area (Å²) in [6.45, 7) is 0.647. The summed E-state index contributed by atoms with van der Waals surface area (Å²) in [5.74, 6) is 1.43. The molecule has 0 unspecified atom stereocenters. The molecule has 0 spiro atoms. The van der Waals surface area contributed by atoms with Crippen molar-refractivity contribution in [2.75, 3.05) is 6.79 Å². The van der Waals surface area contributed by atoms with Crippen LogP contribution in [0.1, 0.15) is 11.1 Å². The van der Waals surface area contributed by atoms with E-state index in [4.69, 9.17) is 14.2 Å². The van der Waals surface area contributed by atoms with E-state index in [0.717, 1.165) is 22.4 Å². The molecule has 0 radical (unpaired) electrons. The lowest BCUT2D eigenvalue weighted by molar-refractivity contribution is 0.174. The van der Waals surface area contributed by atoms with Gasteiger partial charge in [-0.25, -0.2) is 0 Å². The first-order valence-electron chi connectivity index (χ1n) is 8.84. The van der Waals surface area contributed by atoms with Gasteiger partial charge in [-0.2, -0.15) is 5.26 Å². The molecule has 0 N–H and O–H groups in total. The highest BCUT2D eigenvalue weighted by Gasteiger charge is 2.18. The van der Waals surface area contributed by atoms with E-state index in [1.54, 1.807) is 0 Å². The standard InChI is InChI=1S/C23H15NO3S/c24-11-19-20(18-7-8-21-22(10-18)27-14-26-21)13-28-23(19)25-12-15-5-6-16-3-1-2-4-17(16)9-15/h1-10,13H,12,14H2. The van der Waals surface area contributed by atoms with Crippen molar-refractivity contribution in [2.24, 2.45) is 0 Å². The average molecular weight is 385 g/mol. The van der Waals surface area contributed by atoms with E-state index in [1.165, 1.54) is 22.1 Å². The Kier molecular flexibility index (Phi) is 4.12. The van der Waals surface area contributed by atoms with Crippen LogP contribution in [0.4, 0.5) is 0 Å². The Bertz CT molecular complexity index is 1220. The molecular weight excluding hydrogens is 370 g/mol. The molecule has 5 heteroatoms. The Morgan fingerprint density at radius 3 is 2.71 bits per heavy atom. The lowest BCUT2D eigenvalue weighted by Crippen LogP contribution is -1.95. The van der Waals surface area contributed by atoms with Crippen LogP contribution in [0.3, 0.4) is 0 Å². The topological polar surface area (TPSA) is 51.5 Å². The monoisotopic (exact) mass is 385 g/mol. The van der Waals surface area contributed by atoms with Crippen molar-refractivity contribution in [3.05, 3.63) is 77.2 Å². The quantitative estimate of drug-likeness (QED) is 0.449. The van der Waals surface area contributed by atoms with Crippen molar-refractivity contribution < 1.29 is 14.2 Å². The third kappa shape index (κ3) is 2.94. The van der Waals surface area contributed by atoms with Crippen molar-refractivity contribution in [2.45, 2.75) is 6.61 Å². The smallest absolute Gasteiger partial charge is 0.231 e. The molecule has 28 heavy (non-hydrogen) atoms. The molecule has 136 valence electrons. The normalized spacial score (nSPS) is 12.1. The molecule has 1 aliphatic rings. The molecule has 0 bridgehead atoms. The molecule has 4 nitrogen and oxygen atoms in total. The maximum absolute atomic E-state index is 9.70. The Morgan fingerprint density at radius 1 is 0.964 bits per heavy atom. The predicted molar refractivity (Wildman–Crippen MR) is 109 cm³/mol. The highest BCUT2D eigenvalue weighted by atomic mass is 32.1. The highest BCUT2D eigenvalue weighted by molar-refractivity contribution is 7.12. The lowest BCUT2D eigenvalue weighted by atomic mass is 10.0. The average Bonchev–Trinajstić information content (AvgIpc) is 3.37. The molecule has 5 rings (SSSR count). The first kappa shape index (κ1) is 16.7. The van der Waals surface area contributed by atoms with Gasteiger partial charge in [0.1, 0.15) is 18.2 Å². The van der Waals surface area contributed by atoms with E-state index in [2.05, 4.69) is 36.4 Å². The van der Waals surface area contributed by atoms with Crippen LogP contribution in [-0.4, -0.2) is 6.79 Å². The summed E-state index contributed by atoms with van der Waals surface area (Å²) in [5, 5.41) is 14.7. The number of nitriles is 1. The van der Waals surface area contributed by atoms with Crippen molar-refractivity contribution >= 4 is 22.1 Å². The maximum atomic E-state index is 9.70. The van der Waals surface area contributed by atoms with Crippen LogP contribution in [0, 0.1) is 11.3 Å². The number of thiophene rings is 1. The number of nitrogens with zero attached hydrogens (tertiary/aromatic N) is 1. The Hall–Kier alpha value is -3.49. The van der Waals surface area contributed by atoms with Gasteiger partial charge in [0.05, 0.1) is 0 Å². The van der Waals surface area contributed by atoms with Gasteiger partial charge in [0.25, 0.3) is 0 Å². The summed E-state index contributed by atoms with van der Waals surface area (Å²) in [6, 6.07) is 22.5. The fourth-order valence-electron chi connectivity index (χ4n) is 3.31. The second-order valence-electron chi connectivity index (χ2n) is 6.46. The SMILES string of the molecule is N#Cc1c(-c2ccc3c(c2)OCO3)csc1OCc1ccc2ccccc2c1. The molecular formula is C23H15NO3S. The predicted octanol–water partition coefficient (Wildman–Crippen LogP) is 5.75. The fraction of sp³-hybridized carbons (Fsp3) is 0.0870. The van der Waals surface area contributed by atoms with Gasteiger partial charge in [-0.1, -0.05) is 42.5 Å². The van der Waals surface area contributed by atoms with Gasteiger partial charge in [0.2, 0.25) is 6.79 Å². The van der Waals surface area contributed by atoms with Crippen LogP contribution >= 0.6 is 11.3 Å². The number of fused-ring (bicyclic) bond motifs is 2. The molecule has 0 aliphatic carbocycles. The number of benzene rings is 3. The zero-order valence-corrected chi connectivity index (χ0v) is 15.7. The third-order valence-electron chi connectivity index (χ3n) is 4.74. The molecule has 0 saturated carbocycles. The van der Waals surface area contributed by atoms with E-state index in [-0.39, 0.29) is 6.79 Å². The number of ether oxygens (including phenoxy) is 3. The first-order valence-corrected chi connectivity index (χ1v) is 9.72. The van der Waals surface area contributed by atoms with Gasteiger partial charge in [0, 0.05) is 10.9 Å². The zero-order chi connectivity index (χ0) is 18.9. The van der Waals surface area contributed by atoms with Gasteiger partial charge >= 0.3 is 0 Å². The van der Waals surface area contributed by atoms with Gasteiger partial charge in [-0.15, -0.1) is 11.3 Å². The largest absolute Gasteiger partial charge is 0.478 e. The van der Waals surface area contributed by atoms with Crippen molar-refractivity contribution in [3.63, 3.8) is 0 Å². The molecule has 3 aromatic carbocycles. The Morgan fingerprint density at radius 2 is 1.82 bits per heavy atom. The van der Waals surface area contributed by atoms with Gasteiger partial charge in [0.15, 0.2) is 16.6 Å². The fourth-order valence-corrected chi connectivity index (χ4v) is 4.19. The highest BCUT2D eigenvalue weighted by Crippen LogP contribution is 2.41. The lowest BCUT2D eigenvalue weighted by Gasteiger charge is -2.07. The van der Waals surface area contributed by atoms with Crippen LogP contribution in [0.15, 0.2) is 66.0 Å². The van der Waals surface area contributed by atoms with E-state index in [9.17, 15) is 5.26 Å². The molecule has 0 amide bonds. The van der Waals surface area contributed by atoms with Crippen LogP contribution in [0.5, 0.6) is 16.6 Å². The Balaban J connectivity index is 1.41. The van der Waals surface area contributed by atoms with Crippen molar-refractivity contribution in [1.82, 2.24) is 0 Å². The summed E-state index contributed by atoms with van der Waals surface area (Å²) in [6.07, 6.45) is 0. The van der Waals surface area contributed by atoms with Crippen LogP contribution in [-0.2, 0) is 6.61 Å². The second-order valence-corrected chi connectivity index (χ2v) is 7.30. The Labute approximate surface area is 166 Å². The van der Waals surface area contributed by atoms with Gasteiger partial charge in [-0.05, 0) is 40.1 Å². The summed E-state index contributed by atoms with van der Waals surface area (Å²) in [5.41, 5.74) is 3.38. The van der Waals surface area contributed by atoms with E-state index in [0.29, 0.717) is 23.0 Å². The number of rotatable bonds is 4. The minimum atomic E-state index is 0.230. The second kappa shape index (κ2) is 6.91. The molecule has 1 aromatic heterocycles. The summed E-state index contributed by atoms with van der Waals surface area (Å²) < 4.78 is 16.8. The van der Waals surface area contributed by atoms with Crippen LogP contribution in [0.25, 0.3) is 21.9 Å². The molecule has 4 aromatic rings. The van der Waals surface area contributed by atoms with E-state index in [1.807, 2.05) is 35.7 Å². The zero-order valence-electron chi connectivity index (χ0n) is 14.8. The summed E-state index contributed by atoms with van der Waals surface area (Å²) >= 11 is 1.43. The number of hydrogen-bond acceptors (Lipinski definition) is 5. The van der Waals surface area contributed by atoms with Gasteiger partial charge < -0.3 is 14.2 Å². The number of hydrogen-bond donors (Lipinski definition) is 0. The van der Waals surface area contributed by atoms with Gasteiger partial charge in [-0.3, -0.25) is 0 Å². The summed E-state index contributed by atoms with van der Waals surface area (Å²) in [7, 11) is 0.